The van der Waals surface area contributed by atoms with Gasteiger partial charge in [0, 0.05) is 11.4 Å². The largest absolute Gasteiger partial charge is 0.368 e. The molecule has 2 N–H and O–H groups in total. The Kier molecular flexibility index (Phi) is 3.87. The molecule has 0 bridgehead atoms. The number of carbonyl (C=O) groups excluding carboxylic acids is 1. The predicted octanol–water partition coefficient (Wildman–Crippen LogP) is 2.92. The summed E-state index contributed by atoms with van der Waals surface area (Å²) in [6.45, 7) is 0.262. The second-order valence-corrected chi connectivity index (χ2v) is 6.19. The van der Waals surface area contributed by atoms with Crippen LogP contribution in [0.2, 0.25) is 0 Å². The minimum atomic E-state index is -0.285. The van der Waals surface area contributed by atoms with Crippen molar-refractivity contribution >= 4 is 33.3 Å². The minimum absolute atomic E-state index is 0.262. The van der Waals surface area contributed by atoms with Crippen LogP contribution in [0.15, 0.2) is 24.3 Å². The summed E-state index contributed by atoms with van der Waals surface area (Å²) in [5.41, 5.74) is 5.45. The normalized spacial score (nSPS) is 16.4. The van der Waals surface area contributed by atoms with Gasteiger partial charge < -0.3 is 10.6 Å². The third-order valence-corrected chi connectivity index (χ3v) is 4.79. The molecule has 1 aliphatic carbocycles. The maximum Gasteiger partial charge on any atom is 0.237 e. The van der Waals surface area contributed by atoms with Gasteiger partial charge in [0.2, 0.25) is 5.91 Å². The van der Waals surface area contributed by atoms with Crippen LogP contribution in [-0.2, 0) is 4.79 Å². The number of aromatic nitrogens is 1. The molecule has 1 aromatic heterocycles. The highest BCUT2D eigenvalue weighted by Crippen LogP contribution is 2.33. The van der Waals surface area contributed by atoms with E-state index >= 15 is 0 Å². The van der Waals surface area contributed by atoms with Crippen molar-refractivity contribution < 1.29 is 4.79 Å². The number of nitrogens with two attached hydrogens (primary N) is 1. The summed E-state index contributed by atoms with van der Waals surface area (Å²) in [6, 6.07) is 8.57. The van der Waals surface area contributed by atoms with Gasteiger partial charge in [-0.05, 0) is 36.5 Å². The van der Waals surface area contributed by atoms with Gasteiger partial charge in [-0.15, -0.1) is 0 Å². The molecule has 0 spiro atoms. The van der Waals surface area contributed by atoms with Crippen molar-refractivity contribution in [2.45, 2.75) is 38.1 Å². The molecule has 106 valence electrons. The number of benzene rings is 1. The van der Waals surface area contributed by atoms with Crippen LogP contribution in [0.3, 0.4) is 0 Å². The highest BCUT2D eigenvalue weighted by atomic mass is 32.1. The van der Waals surface area contributed by atoms with Crippen LogP contribution in [0.4, 0.5) is 5.82 Å². The summed E-state index contributed by atoms with van der Waals surface area (Å²) >= 11 is 1.49. The van der Waals surface area contributed by atoms with Gasteiger partial charge in [0.25, 0.3) is 0 Å². The lowest BCUT2D eigenvalue weighted by Gasteiger charge is -2.34. The van der Waals surface area contributed by atoms with Crippen molar-refractivity contribution in [2.24, 2.45) is 5.73 Å². The molecular weight excluding hydrogens is 270 g/mol. The lowest BCUT2D eigenvalue weighted by atomic mass is 9.94. The number of rotatable bonds is 4. The maximum atomic E-state index is 11.4. The van der Waals surface area contributed by atoms with E-state index in [1.54, 1.807) is 0 Å². The van der Waals surface area contributed by atoms with Gasteiger partial charge in [-0.25, -0.2) is 0 Å². The fourth-order valence-electron chi connectivity index (χ4n) is 3.02. The number of carbonyl (C=O) groups is 1. The first-order chi connectivity index (χ1) is 9.75. The third-order valence-electron chi connectivity index (χ3n) is 3.97. The molecule has 0 unspecified atom stereocenters. The predicted molar refractivity (Wildman–Crippen MR) is 83.0 cm³/mol. The number of hydrogen-bond donors (Lipinski definition) is 1. The first-order valence-corrected chi connectivity index (χ1v) is 7.92. The van der Waals surface area contributed by atoms with Gasteiger partial charge in [0.05, 0.1) is 11.2 Å². The van der Waals surface area contributed by atoms with E-state index in [0.29, 0.717) is 6.04 Å². The van der Waals surface area contributed by atoms with E-state index in [1.165, 1.54) is 30.8 Å². The van der Waals surface area contributed by atoms with E-state index in [2.05, 4.69) is 21.4 Å². The van der Waals surface area contributed by atoms with Gasteiger partial charge in [-0.2, -0.15) is 4.37 Å². The molecule has 1 fully saturated rings. The number of hydrogen-bond acceptors (Lipinski definition) is 4. The summed E-state index contributed by atoms with van der Waals surface area (Å²) in [5, 5.41) is 1.13. The van der Waals surface area contributed by atoms with Gasteiger partial charge in [-0.3, -0.25) is 4.79 Å². The van der Waals surface area contributed by atoms with E-state index in [-0.39, 0.29) is 12.5 Å². The molecular formula is C15H19N3OS. The molecule has 3 rings (SSSR count). The molecule has 5 heteroatoms. The summed E-state index contributed by atoms with van der Waals surface area (Å²) in [7, 11) is 0. The number of fused-ring (bicyclic) bond motifs is 1. The molecule has 1 heterocycles. The Hall–Kier alpha value is -1.62. The molecule has 4 nitrogen and oxygen atoms in total. The molecule has 1 amide bonds. The Bertz CT molecular complexity index is 604. The average molecular weight is 289 g/mol. The van der Waals surface area contributed by atoms with Gasteiger partial charge in [-0.1, -0.05) is 31.4 Å². The molecule has 0 atom stereocenters. The lowest BCUT2D eigenvalue weighted by molar-refractivity contribution is -0.116. The van der Waals surface area contributed by atoms with Crippen LogP contribution in [0, 0.1) is 0 Å². The van der Waals surface area contributed by atoms with E-state index in [0.717, 1.165) is 28.7 Å². The zero-order chi connectivity index (χ0) is 13.9. The maximum absolute atomic E-state index is 11.4. The number of amides is 1. The van der Waals surface area contributed by atoms with Crippen LogP contribution in [0.5, 0.6) is 0 Å². The summed E-state index contributed by atoms with van der Waals surface area (Å²) in [6.07, 6.45) is 5.99. The van der Waals surface area contributed by atoms with Crippen LogP contribution >= 0.6 is 11.5 Å². The third kappa shape index (κ3) is 2.63. The highest BCUT2D eigenvalue weighted by molar-refractivity contribution is 7.13. The van der Waals surface area contributed by atoms with E-state index in [9.17, 15) is 4.79 Å². The molecule has 0 aliphatic heterocycles. The van der Waals surface area contributed by atoms with Crippen LogP contribution in [0.1, 0.15) is 32.1 Å². The van der Waals surface area contributed by atoms with Gasteiger partial charge in [0.1, 0.15) is 0 Å². The monoisotopic (exact) mass is 289 g/mol. The molecule has 0 radical (unpaired) electrons. The topological polar surface area (TPSA) is 59.2 Å². The minimum Gasteiger partial charge on any atom is -0.368 e. The quantitative estimate of drug-likeness (QED) is 0.941. The van der Waals surface area contributed by atoms with Crippen LogP contribution in [0.25, 0.3) is 10.1 Å². The number of primary amides is 1. The molecule has 20 heavy (non-hydrogen) atoms. The van der Waals surface area contributed by atoms with Gasteiger partial charge in [0.15, 0.2) is 5.82 Å². The number of nitrogens with zero attached hydrogens (tertiary/aromatic N) is 2. The van der Waals surface area contributed by atoms with Gasteiger partial charge >= 0.3 is 0 Å². The molecule has 1 aromatic carbocycles. The highest BCUT2D eigenvalue weighted by Gasteiger charge is 2.25. The Morgan fingerprint density at radius 2 is 2.05 bits per heavy atom. The standard InChI is InChI=1S/C15H19N3OS/c16-14(19)10-18(11-6-2-1-3-7-11)15-12-8-4-5-9-13(12)20-17-15/h4-5,8-9,11H,1-3,6-7,10H2,(H2,16,19). The van der Waals surface area contributed by atoms with E-state index in [1.807, 2.05) is 12.1 Å². The first-order valence-electron chi connectivity index (χ1n) is 7.15. The summed E-state index contributed by atoms with van der Waals surface area (Å²) < 4.78 is 5.74. The Labute approximate surface area is 122 Å². The molecule has 1 saturated carbocycles. The van der Waals surface area contributed by atoms with Crippen molar-refractivity contribution in [1.82, 2.24) is 4.37 Å². The second-order valence-electron chi connectivity index (χ2n) is 5.39. The molecule has 2 aromatic rings. The van der Waals surface area contributed by atoms with E-state index < -0.39 is 0 Å². The average Bonchev–Trinajstić information content (AvgIpc) is 2.89. The number of anilines is 1. The van der Waals surface area contributed by atoms with Crippen molar-refractivity contribution in [1.29, 1.82) is 0 Å². The summed E-state index contributed by atoms with van der Waals surface area (Å²) in [5.74, 6) is 0.643. The smallest absolute Gasteiger partial charge is 0.237 e. The molecule has 1 aliphatic rings. The lowest BCUT2D eigenvalue weighted by Crippen LogP contribution is -2.42. The van der Waals surface area contributed by atoms with Crippen LogP contribution in [-0.4, -0.2) is 22.9 Å². The zero-order valence-electron chi connectivity index (χ0n) is 11.4. The Morgan fingerprint density at radius 1 is 1.30 bits per heavy atom. The first kappa shape index (κ1) is 13.4. The zero-order valence-corrected chi connectivity index (χ0v) is 12.2. The van der Waals surface area contributed by atoms with Crippen molar-refractivity contribution in [3.63, 3.8) is 0 Å². The summed E-state index contributed by atoms with van der Waals surface area (Å²) in [4.78, 5) is 13.6. The van der Waals surface area contributed by atoms with E-state index in [4.69, 9.17) is 5.73 Å². The molecule has 0 saturated heterocycles. The van der Waals surface area contributed by atoms with Crippen LogP contribution < -0.4 is 10.6 Å². The van der Waals surface area contributed by atoms with Crippen molar-refractivity contribution in [2.75, 3.05) is 11.4 Å². The Morgan fingerprint density at radius 3 is 2.80 bits per heavy atom. The fraction of sp³-hybridized carbons (Fsp3) is 0.467. The van der Waals surface area contributed by atoms with Crippen molar-refractivity contribution in [3.8, 4) is 0 Å². The van der Waals surface area contributed by atoms with Crippen molar-refractivity contribution in [3.05, 3.63) is 24.3 Å². The fourth-order valence-corrected chi connectivity index (χ4v) is 3.80. The Balaban J connectivity index is 1.97. The second kappa shape index (κ2) is 5.79. The SMILES string of the molecule is NC(=O)CN(c1nsc2ccccc12)C1CCCCC1.